The number of benzene rings is 2. The number of para-hydroxylation sites is 1. The summed E-state index contributed by atoms with van der Waals surface area (Å²) >= 11 is 4.94. The molecule has 1 aromatic heterocycles. The van der Waals surface area contributed by atoms with Crippen LogP contribution in [0.25, 0.3) is 11.3 Å². The van der Waals surface area contributed by atoms with Crippen molar-refractivity contribution in [3.63, 3.8) is 0 Å². The van der Waals surface area contributed by atoms with Crippen molar-refractivity contribution in [1.29, 1.82) is 0 Å². The second kappa shape index (κ2) is 7.59. The molecule has 3 rings (SSSR count). The number of carbonyl (C=O) groups excluding carboxylic acids is 1. The zero-order chi connectivity index (χ0) is 16.9. The fourth-order valence-electron chi connectivity index (χ4n) is 2.26. The summed E-state index contributed by atoms with van der Waals surface area (Å²) in [5, 5.41) is 6.21. The molecular formula is C18H16BrN3OS. The van der Waals surface area contributed by atoms with Gasteiger partial charge in [-0.25, -0.2) is 9.78 Å². The van der Waals surface area contributed by atoms with Gasteiger partial charge in [0.1, 0.15) is 0 Å². The third kappa shape index (κ3) is 4.01. The number of aryl methyl sites for hydroxylation is 1. The minimum Gasteiger partial charge on any atom is -0.308 e. The average molecular weight is 402 g/mol. The minimum atomic E-state index is -0.292. The molecule has 2 amide bonds. The molecule has 24 heavy (non-hydrogen) atoms. The monoisotopic (exact) mass is 401 g/mol. The molecule has 3 aromatic rings. The van der Waals surface area contributed by atoms with Crippen molar-refractivity contribution in [2.45, 2.75) is 13.3 Å². The van der Waals surface area contributed by atoms with Gasteiger partial charge >= 0.3 is 6.03 Å². The Morgan fingerprint density at radius 3 is 2.46 bits per heavy atom. The summed E-state index contributed by atoms with van der Waals surface area (Å²) in [4.78, 5) is 17.8. The maximum absolute atomic E-state index is 12.1. The van der Waals surface area contributed by atoms with E-state index in [1.807, 2.05) is 54.6 Å². The molecule has 4 nitrogen and oxygen atoms in total. The van der Waals surface area contributed by atoms with E-state index in [2.05, 4.69) is 38.5 Å². The zero-order valence-corrected chi connectivity index (χ0v) is 15.4. The number of anilines is 2. The standard InChI is InChI=1S/C18H16BrN3OS/c1-2-15-16(12-8-10-13(19)11-9-12)21-18(24-15)22-17(23)20-14-6-4-3-5-7-14/h3-11H,2H2,1H3,(H2,20,21,22,23). The number of halogens is 1. The van der Waals surface area contributed by atoms with Crippen LogP contribution in [0.4, 0.5) is 15.6 Å². The van der Waals surface area contributed by atoms with E-state index in [9.17, 15) is 4.79 Å². The fraction of sp³-hybridized carbons (Fsp3) is 0.111. The molecule has 1 heterocycles. The molecule has 0 aliphatic carbocycles. The van der Waals surface area contributed by atoms with Crippen LogP contribution in [0.3, 0.4) is 0 Å². The molecule has 0 atom stereocenters. The Labute approximate surface area is 153 Å². The molecule has 122 valence electrons. The summed E-state index contributed by atoms with van der Waals surface area (Å²) in [5.41, 5.74) is 2.71. The molecule has 0 aliphatic heterocycles. The van der Waals surface area contributed by atoms with Crippen molar-refractivity contribution in [2.75, 3.05) is 10.6 Å². The maximum Gasteiger partial charge on any atom is 0.325 e. The highest BCUT2D eigenvalue weighted by Crippen LogP contribution is 2.32. The summed E-state index contributed by atoms with van der Waals surface area (Å²) in [6.07, 6.45) is 0.866. The molecule has 0 saturated heterocycles. The first-order valence-corrected chi connectivity index (χ1v) is 9.15. The van der Waals surface area contributed by atoms with Gasteiger partial charge in [-0.2, -0.15) is 0 Å². The largest absolute Gasteiger partial charge is 0.325 e. The molecule has 0 aliphatic rings. The van der Waals surface area contributed by atoms with Crippen LogP contribution in [-0.2, 0) is 6.42 Å². The maximum atomic E-state index is 12.1. The van der Waals surface area contributed by atoms with Crippen LogP contribution >= 0.6 is 27.3 Å². The molecule has 0 fully saturated rings. The Kier molecular flexibility index (Phi) is 5.27. The molecule has 0 spiro atoms. The van der Waals surface area contributed by atoms with Crippen LogP contribution in [0.5, 0.6) is 0 Å². The summed E-state index contributed by atoms with van der Waals surface area (Å²) in [6, 6.07) is 17.1. The Morgan fingerprint density at radius 1 is 1.08 bits per heavy atom. The molecule has 0 unspecified atom stereocenters. The highest BCUT2D eigenvalue weighted by atomic mass is 79.9. The number of amides is 2. The molecule has 0 radical (unpaired) electrons. The number of hydrogen-bond donors (Lipinski definition) is 2. The first kappa shape index (κ1) is 16.7. The van der Waals surface area contributed by atoms with Crippen LogP contribution in [0.2, 0.25) is 0 Å². The van der Waals surface area contributed by atoms with E-state index in [-0.39, 0.29) is 6.03 Å². The topological polar surface area (TPSA) is 54.0 Å². The number of aromatic nitrogens is 1. The van der Waals surface area contributed by atoms with Gasteiger partial charge in [0.15, 0.2) is 5.13 Å². The Morgan fingerprint density at radius 2 is 1.79 bits per heavy atom. The SMILES string of the molecule is CCc1sc(NC(=O)Nc2ccccc2)nc1-c1ccc(Br)cc1. The lowest BCUT2D eigenvalue weighted by Gasteiger charge is -2.04. The summed E-state index contributed by atoms with van der Waals surface area (Å²) < 4.78 is 1.03. The van der Waals surface area contributed by atoms with E-state index in [4.69, 9.17) is 0 Å². The summed E-state index contributed by atoms with van der Waals surface area (Å²) in [5.74, 6) is 0. The zero-order valence-electron chi connectivity index (χ0n) is 13.0. The van der Waals surface area contributed by atoms with Gasteiger partial charge in [-0.1, -0.05) is 53.2 Å². The molecular weight excluding hydrogens is 386 g/mol. The third-order valence-corrected chi connectivity index (χ3v) is 5.03. The van der Waals surface area contributed by atoms with Gasteiger partial charge < -0.3 is 5.32 Å². The fourth-order valence-corrected chi connectivity index (χ4v) is 3.44. The van der Waals surface area contributed by atoms with Crippen LogP contribution in [0.1, 0.15) is 11.8 Å². The van der Waals surface area contributed by atoms with Gasteiger partial charge in [-0.3, -0.25) is 5.32 Å². The quantitative estimate of drug-likeness (QED) is 0.581. The number of nitrogens with one attached hydrogen (secondary N) is 2. The third-order valence-electron chi connectivity index (χ3n) is 3.39. The van der Waals surface area contributed by atoms with Crippen LogP contribution in [0, 0.1) is 0 Å². The first-order chi connectivity index (χ1) is 11.7. The van der Waals surface area contributed by atoms with Crippen LogP contribution in [-0.4, -0.2) is 11.0 Å². The van der Waals surface area contributed by atoms with E-state index < -0.39 is 0 Å². The van der Waals surface area contributed by atoms with Gasteiger partial charge in [0, 0.05) is 20.6 Å². The van der Waals surface area contributed by atoms with Crippen molar-refractivity contribution in [2.24, 2.45) is 0 Å². The number of rotatable bonds is 4. The van der Waals surface area contributed by atoms with Gasteiger partial charge in [0.25, 0.3) is 0 Å². The predicted octanol–water partition coefficient (Wildman–Crippen LogP) is 5.78. The average Bonchev–Trinajstić information content (AvgIpc) is 2.99. The second-order valence-corrected chi connectivity index (χ2v) is 7.10. The van der Waals surface area contributed by atoms with Crippen molar-refractivity contribution in [1.82, 2.24) is 4.98 Å². The highest BCUT2D eigenvalue weighted by molar-refractivity contribution is 9.10. The van der Waals surface area contributed by atoms with Crippen molar-refractivity contribution >= 4 is 44.1 Å². The lowest BCUT2D eigenvalue weighted by molar-refractivity contribution is 0.262. The minimum absolute atomic E-state index is 0.292. The second-order valence-electron chi connectivity index (χ2n) is 5.10. The molecule has 6 heteroatoms. The Balaban J connectivity index is 1.77. The van der Waals surface area contributed by atoms with E-state index in [0.717, 1.165) is 32.7 Å². The van der Waals surface area contributed by atoms with Crippen molar-refractivity contribution < 1.29 is 4.79 Å². The smallest absolute Gasteiger partial charge is 0.308 e. The Bertz CT molecular complexity index is 831. The summed E-state index contributed by atoms with van der Waals surface area (Å²) in [7, 11) is 0. The first-order valence-electron chi connectivity index (χ1n) is 7.54. The number of urea groups is 1. The highest BCUT2D eigenvalue weighted by Gasteiger charge is 2.13. The summed E-state index contributed by atoms with van der Waals surface area (Å²) in [6.45, 7) is 2.09. The van der Waals surface area contributed by atoms with E-state index in [0.29, 0.717) is 5.13 Å². The van der Waals surface area contributed by atoms with Gasteiger partial charge in [0.05, 0.1) is 5.69 Å². The van der Waals surface area contributed by atoms with Crippen molar-refractivity contribution in [3.8, 4) is 11.3 Å². The number of carbonyl (C=O) groups is 1. The van der Waals surface area contributed by atoms with E-state index in [1.54, 1.807) is 0 Å². The van der Waals surface area contributed by atoms with E-state index >= 15 is 0 Å². The van der Waals surface area contributed by atoms with E-state index in [1.165, 1.54) is 11.3 Å². The number of thiazole rings is 1. The van der Waals surface area contributed by atoms with Gasteiger partial charge in [-0.15, -0.1) is 11.3 Å². The lowest BCUT2D eigenvalue weighted by Crippen LogP contribution is -2.19. The number of hydrogen-bond acceptors (Lipinski definition) is 3. The normalized spacial score (nSPS) is 10.4. The molecule has 2 N–H and O–H groups in total. The van der Waals surface area contributed by atoms with Gasteiger partial charge in [-0.05, 0) is 30.7 Å². The molecule has 2 aromatic carbocycles. The van der Waals surface area contributed by atoms with Crippen LogP contribution < -0.4 is 10.6 Å². The lowest BCUT2D eigenvalue weighted by atomic mass is 10.1. The van der Waals surface area contributed by atoms with Crippen molar-refractivity contribution in [3.05, 3.63) is 63.9 Å². The molecule has 0 saturated carbocycles. The predicted molar refractivity (Wildman–Crippen MR) is 104 cm³/mol. The van der Waals surface area contributed by atoms with Crippen LogP contribution in [0.15, 0.2) is 59.1 Å². The molecule has 0 bridgehead atoms. The number of nitrogens with zero attached hydrogens (tertiary/aromatic N) is 1. The van der Waals surface area contributed by atoms with Gasteiger partial charge in [0.2, 0.25) is 0 Å². The Hall–Kier alpha value is -2.18.